The van der Waals surface area contributed by atoms with Crippen LogP contribution in [-0.4, -0.2) is 20.7 Å². The van der Waals surface area contributed by atoms with Gasteiger partial charge in [0.05, 0.1) is 5.69 Å². The van der Waals surface area contributed by atoms with E-state index in [-0.39, 0.29) is 5.82 Å². The molecule has 0 radical (unpaired) electrons. The molecule has 0 saturated heterocycles. The summed E-state index contributed by atoms with van der Waals surface area (Å²) in [5.41, 5.74) is 2.16. The molecule has 3 aromatic carbocycles. The standard InChI is InChI=1S/C21H14Cl2N4O/c22-15-9-11-18(12-10-15)27-20(14-5-2-1-3-6-14)25-19(26-27)21(28)24-17-8-4-7-16(23)13-17/h1-13H,(H,24,28). The number of benzene rings is 3. The van der Waals surface area contributed by atoms with Crippen LogP contribution in [0.15, 0.2) is 78.9 Å². The summed E-state index contributed by atoms with van der Waals surface area (Å²) in [6, 6.07) is 23.6. The van der Waals surface area contributed by atoms with Crippen molar-refractivity contribution in [3.8, 4) is 17.1 Å². The van der Waals surface area contributed by atoms with Crippen LogP contribution in [0.1, 0.15) is 10.6 Å². The number of nitrogens with zero attached hydrogens (tertiary/aromatic N) is 3. The molecule has 138 valence electrons. The van der Waals surface area contributed by atoms with Crippen LogP contribution in [0.25, 0.3) is 17.1 Å². The molecule has 0 saturated carbocycles. The zero-order valence-electron chi connectivity index (χ0n) is 14.5. The second-order valence-corrected chi connectivity index (χ2v) is 6.85. The number of amides is 1. The summed E-state index contributed by atoms with van der Waals surface area (Å²) in [4.78, 5) is 17.2. The largest absolute Gasteiger partial charge is 0.319 e. The quantitative estimate of drug-likeness (QED) is 0.485. The third-order valence-corrected chi connectivity index (χ3v) is 4.48. The molecule has 1 heterocycles. The van der Waals surface area contributed by atoms with Crippen LogP contribution in [0.4, 0.5) is 5.69 Å². The Hall–Kier alpha value is -3.15. The van der Waals surface area contributed by atoms with Crippen molar-refractivity contribution in [1.29, 1.82) is 0 Å². The monoisotopic (exact) mass is 408 g/mol. The molecule has 1 N–H and O–H groups in total. The number of rotatable bonds is 4. The zero-order valence-corrected chi connectivity index (χ0v) is 16.0. The van der Waals surface area contributed by atoms with Gasteiger partial charge in [0.15, 0.2) is 5.82 Å². The number of nitrogens with one attached hydrogen (secondary N) is 1. The van der Waals surface area contributed by atoms with Gasteiger partial charge in [0.2, 0.25) is 5.82 Å². The first kappa shape index (κ1) is 18.2. The highest BCUT2D eigenvalue weighted by Crippen LogP contribution is 2.23. The van der Waals surface area contributed by atoms with Crippen LogP contribution in [0.2, 0.25) is 10.0 Å². The summed E-state index contributed by atoms with van der Waals surface area (Å²) in [7, 11) is 0. The van der Waals surface area contributed by atoms with Crippen molar-refractivity contribution >= 4 is 34.8 Å². The molecule has 28 heavy (non-hydrogen) atoms. The van der Waals surface area contributed by atoms with E-state index < -0.39 is 5.91 Å². The number of carbonyl (C=O) groups is 1. The molecule has 1 amide bonds. The third-order valence-electron chi connectivity index (χ3n) is 4.00. The topological polar surface area (TPSA) is 59.8 Å². The Morgan fingerprint density at radius 3 is 2.32 bits per heavy atom. The molecule has 0 aliphatic heterocycles. The highest BCUT2D eigenvalue weighted by molar-refractivity contribution is 6.31. The summed E-state index contributed by atoms with van der Waals surface area (Å²) in [6.45, 7) is 0. The number of carbonyl (C=O) groups excluding carboxylic acids is 1. The van der Waals surface area contributed by atoms with E-state index in [9.17, 15) is 4.79 Å². The van der Waals surface area contributed by atoms with E-state index in [1.165, 1.54) is 0 Å². The molecule has 5 nitrogen and oxygen atoms in total. The zero-order chi connectivity index (χ0) is 19.5. The van der Waals surface area contributed by atoms with Crippen molar-refractivity contribution in [2.24, 2.45) is 0 Å². The molecule has 4 aromatic rings. The molecule has 0 fully saturated rings. The minimum absolute atomic E-state index is 0.0498. The highest BCUT2D eigenvalue weighted by atomic mass is 35.5. The summed E-state index contributed by atoms with van der Waals surface area (Å²) < 4.78 is 1.62. The van der Waals surface area contributed by atoms with Gasteiger partial charge in [0, 0.05) is 21.3 Å². The van der Waals surface area contributed by atoms with E-state index in [1.807, 2.05) is 42.5 Å². The Balaban J connectivity index is 1.74. The Bertz CT molecular complexity index is 1120. The predicted molar refractivity (Wildman–Crippen MR) is 111 cm³/mol. The van der Waals surface area contributed by atoms with Crippen LogP contribution in [-0.2, 0) is 0 Å². The van der Waals surface area contributed by atoms with Crippen molar-refractivity contribution in [2.45, 2.75) is 0 Å². The van der Waals surface area contributed by atoms with Crippen LogP contribution < -0.4 is 5.32 Å². The van der Waals surface area contributed by atoms with E-state index in [0.29, 0.717) is 21.6 Å². The van der Waals surface area contributed by atoms with Gasteiger partial charge >= 0.3 is 0 Å². The van der Waals surface area contributed by atoms with Crippen LogP contribution in [0, 0.1) is 0 Å². The lowest BCUT2D eigenvalue weighted by Gasteiger charge is -2.05. The average Bonchev–Trinajstić information content (AvgIpc) is 3.15. The van der Waals surface area contributed by atoms with Gasteiger partial charge in [-0.2, -0.15) is 0 Å². The summed E-state index contributed by atoms with van der Waals surface area (Å²) in [6.07, 6.45) is 0. The van der Waals surface area contributed by atoms with Gasteiger partial charge in [-0.15, -0.1) is 5.10 Å². The Kier molecular flexibility index (Phi) is 5.10. The van der Waals surface area contributed by atoms with E-state index in [0.717, 1.165) is 11.3 Å². The molecule has 0 unspecified atom stereocenters. The second-order valence-electron chi connectivity index (χ2n) is 5.98. The third kappa shape index (κ3) is 3.91. The molecule has 0 aliphatic carbocycles. The maximum Gasteiger partial charge on any atom is 0.295 e. The van der Waals surface area contributed by atoms with E-state index in [4.69, 9.17) is 23.2 Å². The number of halogens is 2. The van der Waals surface area contributed by atoms with Gasteiger partial charge < -0.3 is 5.32 Å². The molecular formula is C21H14Cl2N4O. The van der Waals surface area contributed by atoms with Gasteiger partial charge in [0.1, 0.15) is 0 Å². The van der Waals surface area contributed by atoms with E-state index in [2.05, 4.69) is 15.4 Å². The van der Waals surface area contributed by atoms with Gasteiger partial charge in [-0.1, -0.05) is 59.6 Å². The highest BCUT2D eigenvalue weighted by Gasteiger charge is 2.19. The molecule has 0 aliphatic rings. The smallest absolute Gasteiger partial charge is 0.295 e. The fourth-order valence-electron chi connectivity index (χ4n) is 2.70. The Labute approximate surface area is 171 Å². The minimum atomic E-state index is -0.424. The summed E-state index contributed by atoms with van der Waals surface area (Å²) in [5.74, 6) is 0.181. The molecule has 0 spiro atoms. The number of hydrogen-bond acceptors (Lipinski definition) is 3. The van der Waals surface area contributed by atoms with Crippen LogP contribution in [0.3, 0.4) is 0 Å². The first-order chi connectivity index (χ1) is 13.6. The van der Waals surface area contributed by atoms with E-state index >= 15 is 0 Å². The van der Waals surface area contributed by atoms with Crippen LogP contribution in [0.5, 0.6) is 0 Å². The maximum atomic E-state index is 12.7. The Morgan fingerprint density at radius 1 is 0.857 bits per heavy atom. The fourth-order valence-corrected chi connectivity index (χ4v) is 3.01. The van der Waals surface area contributed by atoms with Crippen molar-refractivity contribution in [3.05, 3.63) is 94.7 Å². The van der Waals surface area contributed by atoms with Crippen molar-refractivity contribution in [1.82, 2.24) is 14.8 Å². The molecule has 0 bridgehead atoms. The van der Waals surface area contributed by atoms with Crippen molar-refractivity contribution in [3.63, 3.8) is 0 Å². The first-order valence-electron chi connectivity index (χ1n) is 8.45. The fraction of sp³-hybridized carbons (Fsp3) is 0. The maximum absolute atomic E-state index is 12.7. The minimum Gasteiger partial charge on any atom is -0.319 e. The summed E-state index contributed by atoms with van der Waals surface area (Å²) >= 11 is 12.0. The second kappa shape index (κ2) is 7.84. The Morgan fingerprint density at radius 2 is 1.61 bits per heavy atom. The van der Waals surface area contributed by atoms with Crippen molar-refractivity contribution < 1.29 is 4.79 Å². The predicted octanol–water partition coefficient (Wildman–Crippen LogP) is 5.49. The lowest BCUT2D eigenvalue weighted by Crippen LogP contribution is -2.14. The number of hydrogen-bond donors (Lipinski definition) is 1. The molecule has 4 rings (SSSR count). The van der Waals surface area contributed by atoms with Crippen LogP contribution >= 0.6 is 23.2 Å². The number of aromatic nitrogens is 3. The van der Waals surface area contributed by atoms with Gasteiger partial charge in [0.25, 0.3) is 5.91 Å². The molecule has 7 heteroatoms. The average molecular weight is 409 g/mol. The number of anilines is 1. The molecular weight excluding hydrogens is 395 g/mol. The SMILES string of the molecule is O=C(Nc1cccc(Cl)c1)c1nc(-c2ccccc2)n(-c2ccc(Cl)cc2)n1. The first-order valence-corrected chi connectivity index (χ1v) is 9.21. The molecule has 0 atom stereocenters. The van der Waals surface area contributed by atoms with Gasteiger partial charge in [-0.05, 0) is 42.5 Å². The van der Waals surface area contributed by atoms with E-state index in [1.54, 1.807) is 41.1 Å². The van der Waals surface area contributed by atoms with Gasteiger partial charge in [-0.25, -0.2) is 9.67 Å². The normalized spacial score (nSPS) is 10.6. The lowest BCUT2D eigenvalue weighted by atomic mass is 10.2. The lowest BCUT2D eigenvalue weighted by molar-refractivity contribution is 0.101. The summed E-state index contributed by atoms with van der Waals surface area (Å²) in [5, 5.41) is 8.34. The van der Waals surface area contributed by atoms with Gasteiger partial charge in [-0.3, -0.25) is 4.79 Å². The van der Waals surface area contributed by atoms with Crippen molar-refractivity contribution in [2.75, 3.05) is 5.32 Å². The molecule has 1 aromatic heterocycles.